The molecule has 0 aliphatic carbocycles. The summed E-state index contributed by atoms with van der Waals surface area (Å²) in [5, 5.41) is 2.83. The molecule has 1 amide bonds. The molecule has 0 bridgehead atoms. The Morgan fingerprint density at radius 1 is 1.38 bits per heavy atom. The number of rotatable bonds is 3. The van der Waals surface area contributed by atoms with Gasteiger partial charge in [-0.15, -0.1) is 0 Å². The zero-order valence-electron chi connectivity index (χ0n) is 12.1. The van der Waals surface area contributed by atoms with Gasteiger partial charge in [-0.1, -0.05) is 29.8 Å². The lowest BCUT2D eigenvalue weighted by atomic mass is 10.2. The lowest BCUT2D eigenvalue weighted by Crippen LogP contribution is -2.18. The second-order valence-corrected chi connectivity index (χ2v) is 6.02. The molecule has 5 nitrogen and oxygen atoms in total. The predicted molar refractivity (Wildman–Crippen MR) is 87.4 cm³/mol. The maximum Gasteiger partial charge on any atom is 0.276 e. The summed E-state index contributed by atoms with van der Waals surface area (Å²) >= 11 is 3.39. The third-order valence-electron chi connectivity index (χ3n) is 3.00. The van der Waals surface area contributed by atoms with Gasteiger partial charge in [-0.05, 0) is 30.7 Å². The van der Waals surface area contributed by atoms with E-state index in [0.29, 0.717) is 5.82 Å². The predicted octanol–water partition coefficient (Wildman–Crippen LogP) is 3.51. The van der Waals surface area contributed by atoms with Crippen molar-refractivity contribution in [2.75, 3.05) is 11.1 Å². The number of nitrogens with one attached hydrogen (secondary N) is 1. The van der Waals surface area contributed by atoms with Crippen LogP contribution in [-0.2, 0) is 0 Å². The zero-order valence-corrected chi connectivity index (χ0v) is 13.7. The molecule has 0 radical (unpaired) electrons. The Balaban J connectivity index is 2.30. The second kappa shape index (κ2) is 6.22. The Hall–Kier alpha value is -1.95. The van der Waals surface area contributed by atoms with Crippen molar-refractivity contribution >= 4 is 33.2 Å². The van der Waals surface area contributed by atoms with E-state index in [2.05, 4.69) is 31.2 Å². The normalized spacial score (nSPS) is 10.7. The molecule has 1 heterocycles. The van der Waals surface area contributed by atoms with Crippen LogP contribution in [0.5, 0.6) is 0 Å². The summed E-state index contributed by atoms with van der Waals surface area (Å²) in [4.78, 5) is 20.7. The molecule has 0 spiro atoms. The van der Waals surface area contributed by atoms with E-state index < -0.39 is 0 Å². The van der Waals surface area contributed by atoms with Gasteiger partial charge in [0.1, 0.15) is 5.82 Å². The maximum absolute atomic E-state index is 12.4. The SMILES string of the molecule is Cc1cc(Br)ccc1NC(=O)c1nc(C(C)C)ncc1N. The maximum atomic E-state index is 12.4. The molecule has 0 saturated carbocycles. The molecule has 6 heteroatoms. The number of carbonyl (C=O) groups is 1. The van der Waals surface area contributed by atoms with Crippen molar-refractivity contribution in [1.82, 2.24) is 9.97 Å². The van der Waals surface area contributed by atoms with Crippen LogP contribution in [0.2, 0.25) is 0 Å². The molecule has 0 atom stereocenters. The van der Waals surface area contributed by atoms with Gasteiger partial charge in [0.15, 0.2) is 5.69 Å². The van der Waals surface area contributed by atoms with Crippen LogP contribution in [0.3, 0.4) is 0 Å². The first-order valence-corrected chi connectivity index (χ1v) is 7.37. The average molecular weight is 349 g/mol. The molecule has 2 aromatic rings. The average Bonchev–Trinajstić information content (AvgIpc) is 2.42. The lowest BCUT2D eigenvalue weighted by Gasteiger charge is -2.11. The number of aryl methyl sites for hydroxylation is 1. The van der Waals surface area contributed by atoms with Crippen LogP contribution in [0.25, 0.3) is 0 Å². The number of benzene rings is 1. The van der Waals surface area contributed by atoms with E-state index in [1.807, 2.05) is 39.0 Å². The van der Waals surface area contributed by atoms with Crippen molar-refractivity contribution in [2.24, 2.45) is 0 Å². The van der Waals surface area contributed by atoms with Gasteiger partial charge in [0.2, 0.25) is 0 Å². The minimum Gasteiger partial charge on any atom is -0.396 e. The molecule has 0 fully saturated rings. The fourth-order valence-corrected chi connectivity index (χ4v) is 2.29. The fraction of sp³-hybridized carbons (Fsp3) is 0.267. The van der Waals surface area contributed by atoms with Gasteiger partial charge in [-0.25, -0.2) is 9.97 Å². The molecule has 2 rings (SSSR count). The fourth-order valence-electron chi connectivity index (χ4n) is 1.81. The highest BCUT2D eigenvalue weighted by Gasteiger charge is 2.15. The Labute approximate surface area is 132 Å². The van der Waals surface area contributed by atoms with Crippen LogP contribution in [0.15, 0.2) is 28.9 Å². The van der Waals surface area contributed by atoms with E-state index in [1.165, 1.54) is 6.20 Å². The first-order chi connectivity index (χ1) is 9.88. The Morgan fingerprint density at radius 3 is 2.71 bits per heavy atom. The van der Waals surface area contributed by atoms with Gasteiger partial charge in [0.05, 0.1) is 11.9 Å². The number of halogens is 1. The highest BCUT2D eigenvalue weighted by molar-refractivity contribution is 9.10. The number of nitrogens with zero attached hydrogens (tertiary/aromatic N) is 2. The number of hydrogen-bond acceptors (Lipinski definition) is 4. The number of carbonyl (C=O) groups excluding carboxylic acids is 1. The van der Waals surface area contributed by atoms with Gasteiger partial charge < -0.3 is 11.1 Å². The van der Waals surface area contributed by atoms with Crippen LogP contribution >= 0.6 is 15.9 Å². The summed E-state index contributed by atoms with van der Waals surface area (Å²) in [5.41, 5.74) is 7.97. The number of amides is 1. The first kappa shape index (κ1) is 15.4. The lowest BCUT2D eigenvalue weighted by molar-refractivity contribution is 0.102. The quantitative estimate of drug-likeness (QED) is 0.889. The van der Waals surface area contributed by atoms with Crippen LogP contribution in [0.1, 0.15) is 41.6 Å². The Kier molecular flexibility index (Phi) is 4.57. The summed E-state index contributed by atoms with van der Waals surface area (Å²) < 4.78 is 0.960. The van der Waals surface area contributed by atoms with Crippen molar-refractivity contribution in [3.05, 3.63) is 46.0 Å². The van der Waals surface area contributed by atoms with Gasteiger partial charge in [0.25, 0.3) is 5.91 Å². The molecular weight excluding hydrogens is 332 g/mol. The van der Waals surface area contributed by atoms with E-state index in [9.17, 15) is 4.79 Å². The van der Waals surface area contributed by atoms with E-state index in [1.54, 1.807) is 0 Å². The van der Waals surface area contributed by atoms with Crippen LogP contribution in [0.4, 0.5) is 11.4 Å². The third kappa shape index (κ3) is 3.58. The standard InChI is InChI=1S/C15H17BrN4O/c1-8(2)14-18-7-11(17)13(20-14)15(21)19-12-5-4-10(16)6-9(12)3/h4-8H,17H2,1-3H3,(H,19,21). The summed E-state index contributed by atoms with van der Waals surface area (Å²) in [6, 6.07) is 5.63. The largest absolute Gasteiger partial charge is 0.396 e. The van der Waals surface area contributed by atoms with Gasteiger partial charge in [-0.2, -0.15) is 0 Å². The summed E-state index contributed by atoms with van der Waals surface area (Å²) in [7, 11) is 0. The number of hydrogen-bond donors (Lipinski definition) is 2. The van der Waals surface area contributed by atoms with E-state index in [-0.39, 0.29) is 23.2 Å². The van der Waals surface area contributed by atoms with Crippen molar-refractivity contribution in [3.8, 4) is 0 Å². The van der Waals surface area contributed by atoms with Gasteiger partial charge in [-0.3, -0.25) is 4.79 Å². The number of nitrogens with two attached hydrogens (primary N) is 1. The van der Waals surface area contributed by atoms with Gasteiger partial charge >= 0.3 is 0 Å². The van der Waals surface area contributed by atoms with Crippen molar-refractivity contribution < 1.29 is 4.79 Å². The molecule has 0 unspecified atom stereocenters. The molecule has 1 aromatic heterocycles. The van der Waals surface area contributed by atoms with Crippen molar-refractivity contribution in [1.29, 1.82) is 0 Å². The second-order valence-electron chi connectivity index (χ2n) is 5.10. The van der Waals surface area contributed by atoms with Crippen LogP contribution in [0, 0.1) is 6.92 Å². The van der Waals surface area contributed by atoms with E-state index in [0.717, 1.165) is 15.7 Å². The van der Waals surface area contributed by atoms with Gasteiger partial charge in [0, 0.05) is 16.1 Å². The number of aromatic nitrogens is 2. The molecule has 0 saturated heterocycles. The van der Waals surface area contributed by atoms with Crippen LogP contribution in [-0.4, -0.2) is 15.9 Å². The molecule has 0 aliphatic rings. The highest BCUT2D eigenvalue weighted by atomic mass is 79.9. The molecule has 110 valence electrons. The smallest absolute Gasteiger partial charge is 0.276 e. The molecule has 21 heavy (non-hydrogen) atoms. The Bertz CT molecular complexity index is 685. The molecule has 1 aromatic carbocycles. The first-order valence-electron chi connectivity index (χ1n) is 6.58. The van der Waals surface area contributed by atoms with E-state index >= 15 is 0 Å². The minimum absolute atomic E-state index is 0.131. The van der Waals surface area contributed by atoms with Crippen LogP contribution < -0.4 is 11.1 Å². The number of anilines is 2. The van der Waals surface area contributed by atoms with E-state index in [4.69, 9.17) is 5.73 Å². The molecule has 3 N–H and O–H groups in total. The van der Waals surface area contributed by atoms with Crippen molar-refractivity contribution in [2.45, 2.75) is 26.7 Å². The summed E-state index contributed by atoms with van der Waals surface area (Å²) in [6.45, 7) is 5.85. The Morgan fingerprint density at radius 2 is 2.10 bits per heavy atom. The molecular formula is C15H17BrN4O. The summed E-state index contributed by atoms with van der Waals surface area (Å²) in [6.07, 6.45) is 1.48. The number of nitrogen functional groups attached to an aromatic ring is 1. The molecule has 0 aliphatic heterocycles. The minimum atomic E-state index is -0.331. The zero-order chi connectivity index (χ0) is 15.6. The van der Waals surface area contributed by atoms with Crippen molar-refractivity contribution in [3.63, 3.8) is 0 Å². The third-order valence-corrected chi connectivity index (χ3v) is 3.50. The summed E-state index contributed by atoms with van der Waals surface area (Å²) in [5.74, 6) is 0.399. The monoisotopic (exact) mass is 348 g/mol. The highest BCUT2D eigenvalue weighted by Crippen LogP contribution is 2.21. The topological polar surface area (TPSA) is 80.9 Å².